The number of furan rings is 4. The number of fused-ring (bicyclic) bond motifs is 12. The van der Waals surface area contributed by atoms with Gasteiger partial charge in [0.25, 0.3) is 0 Å². The molecule has 4 aliphatic heterocycles. The lowest BCUT2D eigenvalue weighted by Gasteiger charge is -2.29. The number of hydrogen-bond donors (Lipinski definition) is 0. The molecule has 4 aliphatic rings. The van der Waals surface area contributed by atoms with Crippen LogP contribution in [-0.4, -0.2) is 75.5 Å². The summed E-state index contributed by atoms with van der Waals surface area (Å²) >= 11 is 0. The number of aromatic nitrogens is 8. The average molecular weight is 1260 g/mol. The molecule has 0 saturated heterocycles. The van der Waals surface area contributed by atoms with E-state index in [9.17, 15) is 0 Å². The second-order valence-electron chi connectivity index (χ2n) is 26.0. The average Bonchev–Trinajstić information content (AvgIpc) is 1.67. The molecule has 0 spiro atoms. The standard InChI is InChI=1S/3C19H21BN3O.C18H19BN3O/c1-12-6-9-17(22(4)11-12)20-13(2)10-16-15-8-7-14(3)21-18(15)24-19(16)23(20)5;1-12-8-9-22(4)17(10-12)20-13(2)11-16-15-7-6-14(3)21-18(15)24-19(16)23(20)5;1-12-9-17(22(4)11-13(12)2)20-14(3)10-16-18(23(20)5)15-7-6-8-21-19(15)24-16;1-12-11-15-14-9-8-13(2)20-17(14)23-18(15)22(4)19(12)16-7-5-6-10-21(16)3/h3*6-11H,1-5H3;5-11H,1-4H3/q4*+1/i1D3;;2D3;. The van der Waals surface area contributed by atoms with Crippen molar-refractivity contribution in [2.24, 2.45) is 28.2 Å². The van der Waals surface area contributed by atoms with Crippen molar-refractivity contribution in [3.63, 3.8) is 0 Å². The van der Waals surface area contributed by atoms with Crippen LogP contribution in [0.25, 0.3) is 68.7 Å². The Bertz CT molecular complexity index is 5440. The number of pyridine rings is 8. The van der Waals surface area contributed by atoms with Gasteiger partial charge < -0.3 is 36.9 Å². The van der Waals surface area contributed by atoms with Gasteiger partial charge in [0, 0.05) is 99.7 Å². The van der Waals surface area contributed by atoms with Gasteiger partial charge in [0.1, 0.15) is 28.2 Å². The van der Waals surface area contributed by atoms with Crippen LogP contribution in [0.5, 0.6) is 0 Å². The van der Waals surface area contributed by atoms with E-state index >= 15 is 0 Å². The second kappa shape index (κ2) is 24.9. The first-order chi connectivity index (χ1) is 47.9. The molecule has 0 aliphatic carbocycles. The van der Waals surface area contributed by atoms with E-state index in [1.54, 1.807) is 24.7 Å². The highest BCUT2D eigenvalue weighted by Gasteiger charge is 2.43. The van der Waals surface area contributed by atoms with E-state index in [0.29, 0.717) is 34.0 Å². The first-order valence-corrected chi connectivity index (χ1v) is 32.0. The van der Waals surface area contributed by atoms with Crippen molar-refractivity contribution in [3.8, 4) is 0 Å². The summed E-state index contributed by atoms with van der Waals surface area (Å²) in [5.41, 5.74) is 22.0. The molecule has 0 fully saturated rings. The number of rotatable bonds is 4. The minimum absolute atomic E-state index is 0.0205. The molecule has 0 saturated carbocycles. The third-order valence-electron chi connectivity index (χ3n) is 18.9. The maximum absolute atomic E-state index is 7.75. The monoisotopic (exact) mass is 1260 g/mol. The van der Waals surface area contributed by atoms with Gasteiger partial charge in [-0.2, -0.15) is 0 Å². The number of nitrogens with zero attached hydrogens (tertiary/aromatic N) is 12. The van der Waals surface area contributed by atoms with E-state index < -0.39 is 13.7 Å². The molecule has 16 rings (SSSR count). The molecule has 20 heteroatoms. The van der Waals surface area contributed by atoms with Crippen LogP contribution in [0.3, 0.4) is 0 Å². The highest BCUT2D eigenvalue weighted by Crippen LogP contribution is 2.42. The van der Waals surface area contributed by atoms with Crippen LogP contribution in [0, 0.1) is 48.3 Å². The van der Waals surface area contributed by atoms with Crippen LogP contribution in [-0.2, 0) is 28.2 Å². The van der Waals surface area contributed by atoms with Crippen molar-refractivity contribution in [2.75, 3.05) is 47.4 Å². The molecular formula is C75H82B4N12O4+4. The predicted molar refractivity (Wildman–Crippen MR) is 389 cm³/mol. The minimum Gasteiger partial charge on any atom is -0.436 e. The Morgan fingerprint density at radius 2 is 0.884 bits per heavy atom. The highest BCUT2D eigenvalue weighted by atomic mass is 16.4. The van der Waals surface area contributed by atoms with Gasteiger partial charge in [-0.3, -0.25) is 0 Å². The summed E-state index contributed by atoms with van der Waals surface area (Å²) in [6.45, 7) is 14.4. The largest absolute Gasteiger partial charge is 0.436 e. The van der Waals surface area contributed by atoms with Gasteiger partial charge >= 0.3 is 27.4 Å². The zero-order valence-electron chi connectivity index (χ0n) is 63.2. The Morgan fingerprint density at radius 3 is 1.40 bits per heavy atom. The van der Waals surface area contributed by atoms with Crippen LogP contribution in [0.4, 0.5) is 23.3 Å². The molecule has 0 bridgehead atoms. The first-order valence-electron chi connectivity index (χ1n) is 35.0. The van der Waals surface area contributed by atoms with Crippen molar-refractivity contribution < 1.29 is 44.2 Å². The van der Waals surface area contributed by atoms with Crippen molar-refractivity contribution >= 4 is 142 Å². The predicted octanol–water partition coefficient (Wildman–Crippen LogP) is 9.93. The first kappa shape index (κ1) is 56.3. The second-order valence-corrected chi connectivity index (χ2v) is 26.0. The molecule has 16 heterocycles. The van der Waals surface area contributed by atoms with Gasteiger partial charge in [-0.25, -0.2) is 38.2 Å². The van der Waals surface area contributed by atoms with Crippen molar-refractivity contribution in [2.45, 2.75) is 76.0 Å². The zero-order chi connectivity index (χ0) is 72.2. The van der Waals surface area contributed by atoms with Crippen LogP contribution in [0.2, 0.25) is 0 Å². The van der Waals surface area contributed by atoms with E-state index in [1.165, 1.54) is 27.7 Å². The third-order valence-corrected chi connectivity index (χ3v) is 18.9. The molecule has 0 aromatic carbocycles. The summed E-state index contributed by atoms with van der Waals surface area (Å²) in [4.78, 5) is 26.6. The number of allylic oxidation sites excluding steroid dienone is 4. The molecule has 16 nitrogen and oxygen atoms in total. The fraction of sp³-hybridized carbons (Fsp3) is 0.253. The van der Waals surface area contributed by atoms with E-state index in [2.05, 4.69) is 184 Å². The van der Waals surface area contributed by atoms with Gasteiger partial charge in [-0.15, -0.1) is 0 Å². The Balaban J connectivity index is 0.000000121. The fourth-order valence-electron chi connectivity index (χ4n) is 14.2. The van der Waals surface area contributed by atoms with Gasteiger partial charge in [0.2, 0.25) is 22.9 Å². The van der Waals surface area contributed by atoms with Crippen molar-refractivity contribution in [3.05, 3.63) is 212 Å². The molecule has 95 heavy (non-hydrogen) atoms. The zero-order valence-corrected chi connectivity index (χ0v) is 57.2. The summed E-state index contributed by atoms with van der Waals surface area (Å²) in [5, 5.41) is 4.13. The fourth-order valence-corrected chi connectivity index (χ4v) is 14.2. The molecule has 0 atom stereocenters. The minimum atomic E-state index is -2.12. The van der Waals surface area contributed by atoms with E-state index in [1.807, 2.05) is 120 Å². The summed E-state index contributed by atoms with van der Waals surface area (Å²) in [6, 6.07) is 32.4. The smallest absolute Gasteiger partial charge is 0.401 e. The summed E-state index contributed by atoms with van der Waals surface area (Å²) in [6.07, 6.45) is 18.0. The van der Waals surface area contributed by atoms with E-state index in [0.717, 1.165) is 112 Å². The molecule has 12 aromatic heterocycles. The van der Waals surface area contributed by atoms with Crippen molar-refractivity contribution in [1.29, 1.82) is 0 Å². The van der Waals surface area contributed by atoms with Gasteiger partial charge in [0.05, 0.1) is 11.1 Å². The molecule has 0 radical (unpaired) electrons. The normalized spacial score (nSPS) is 15.3. The molecule has 12 aromatic rings. The van der Waals surface area contributed by atoms with Crippen LogP contribution >= 0.6 is 0 Å². The topological polar surface area (TPSA) is 133 Å². The van der Waals surface area contributed by atoms with Crippen molar-refractivity contribution in [1.82, 2.24) is 19.9 Å². The van der Waals surface area contributed by atoms with Crippen LogP contribution in [0.1, 0.15) is 97.7 Å². The Morgan fingerprint density at radius 1 is 0.400 bits per heavy atom. The maximum atomic E-state index is 7.75. The van der Waals surface area contributed by atoms with Crippen LogP contribution < -0.4 is 59.9 Å². The molecule has 0 amide bonds. The molecular weight excluding hydrogens is 1180 g/mol. The highest BCUT2D eigenvalue weighted by molar-refractivity contribution is 6.84. The van der Waals surface area contributed by atoms with E-state index in [4.69, 9.17) is 25.9 Å². The quantitative estimate of drug-likeness (QED) is 0.123. The summed E-state index contributed by atoms with van der Waals surface area (Å²) in [5.74, 6) is 3.36. The summed E-state index contributed by atoms with van der Waals surface area (Å²) < 4.78 is 78.4. The lowest BCUT2D eigenvalue weighted by molar-refractivity contribution is -0.654. The van der Waals surface area contributed by atoms with Crippen LogP contribution in [0.15, 0.2) is 168 Å². The maximum Gasteiger partial charge on any atom is 0.401 e. The Kier molecular flexibility index (Phi) is 14.8. The SMILES string of the molecule is CC1=Cc2c(oc3nc(C)ccc23)N(C)B1c1cc(C)cc[n+]1C.CC1=Cc2c(oc3nc(C)ccc23)N(C)B1c1cccc[n+]1C.[2H]C([2H])([2H])c1c[n+](C)c(B2C(C)=Cc3oc4ncccc4c3N2C)cc1C.[2H]C([2H])([2H])c1ccc(B2C(C)=Cc3c(oc4nc(C)ccc34)N2C)[n+](C)c1. The molecule has 0 N–H and O–H groups in total. The van der Waals surface area contributed by atoms with Gasteiger partial charge in [-0.1, -0.05) is 46.2 Å². The Hall–Kier alpha value is -10.2. The lowest BCUT2D eigenvalue weighted by Crippen LogP contribution is -2.62. The lowest BCUT2D eigenvalue weighted by atomic mass is 9.49. The molecule has 474 valence electrons. The van der Waals surface area contributed by atoms with Gasteiger partial charge in [0.15, 0.2) is 70.6 Å². The number of aryl methyl sites for hydroxylation is 11. The number of hydrogen-bond acceptors (Lipinski definition) is 12. The third kappa shape index (κ3) is 11.5. The summed E-state index contributed by atoms with van der Waals surface area (Å²) in [7, 11) is 16.2. The van der Waals surface area contributed by atoms with Gasteiger partial charge in [-0.05, 0) is 188 Å². The van der Waals surface area contributed by atoms with E-state index in [-0.39, 0.29) is 27.4 Å². The molecule has 0 unspecified atom stereocenters. The number of anilines is 4. The Labute approximate surface area is 566 Å².